The molecule has 4 aromatic rings. The lowest BCUT2D eigenvalue weighted by Crippen LogP contribution is -2.45. The molecule has 0 saturated carbocycles. The Morgan fingerprint density at radius 2 is 1.47 bits per heavy atom. The fraction of sp³-hybridized carbons (Fsp3) is 0.259. The van der Waals surface area contributed by atoms with Crippen LogP contribution in [0.2, 0.25) is 5.02 Å². The molecule has 1 aliphatic heterocycles. The lowest BCUT2D eigenvalue weighted by atomic mass is 10.1. The monoisotopic (exact) mass is 474 g/mol. The maximum atomic E-state index is 13.8. The number of nitrogens with zero attached hydrogens (tertiary/aromatic N) is 3. The van der Waals surface area contributed by atoms with E-state index in [1.807, 2.05) is 66.7 Å². The molecule has 0 spiro atoms. The van der Waals surface area contributed by atoms with Gasteiger partial charge in [-0.25, -0.2) is 4.79 Å². The molecule has 0 amide bonds. The predicted octanol–water partition coefficient (Wildman–Crippen LogP) is 3.52. The highest BCUT2D eigenvalue weighted by atomic mass is 35.5. The second-order valence-corrected chi connectivity index (χ2v) is 9.04. The van der Waals surface area contributed by atoms with Gasteiger partial charge in [0.15, 0.2) is 0 Å². The van der Waals surface area contributed by atoms with Crippen LogP contribution in [0.15, 0.2) is 82.4 Å². The van der Waals surface area contributed by atoms with Gasteiger partial charge in [0.05, 0.1) is 23.1 Å². The van der Waals surface area contributed by atoms with E-state index in [-0.39, 0.29) is 11.2 Å². The first kappa shape index (κ1) is 22.4. The van der Waals surface area contributed by atoms with Crippen molar-refractivity contribution in [2.45, 2.75) is 19.5 Å². The van der Waals surface area contributed by atoms with Gasteiger partial charge in [0.1, 0.15) is 0 Å². The average Bonchev–Trinajstić information content (AvgIpc) is 2.87. The first-order chi connectivity index (χ1) is 16.6. The minimum atomic E-state index is -0.314. The number of hydrogen-bond acceptors (Lipinski definition) is 4. The molecule has 2 heterocycles. The second kappa shape index (κ2) is 9.87. The zero-order valence-electron chi connectivity index (χ0n) is 18.9. The number of hydrogen-bond donors (Lipinski definition) is 1. The number of piperazine rings is 1. The van der Waals surface area contributed by atoms with Gasteiger partial charge >= 0.3 is 5.69 Å². The first-order valence-electron chi connectivity index (χ1n) is 11.6. The van der Waals surface area contributed by atoms with E-state index in [1.54, 1.807) is 10.6 Å². The van der Waals surface area contributed by atoms with Crippen molar-refractivity contribution in [3.8, 4) is 0 Å². The summed E-state index contributed by atoms with van der Waals surface area (Å²) in [5.74, 6) is 0. The summed E-state index contributed by atoms with van der Waals surface area (Å²) in [5.41, 5.74) is 2.88. The third-order valence-electron chi connectivity index (χ3n) is 6.38. The number of aryl methyl sites for hydroxylation is 1. The minimum Gasteiger partial charge on any atom is -0.368 e. The molecule has 1 N–H and O–H groups in total. The smallest absolute Gasteiger partial charge is 0.331 e. The van der Waals surface area contributed by atoms with Gasteiger partial charge in [-0.3, -0.25) is 13.9 Å². The van der Waals surface area contributed by atoms with E-state index in [2.05, 4.69) is 10.2 Å². The van der Waals surface area contributed by atoms with Crippen LogP contribution in [-0.2, 0) is 19.5 Å². The Bertz CT molecular complexity index is 1410. The molecular weight excluding hydrogens is 448 g/mol. The van der Waals surface area contributed by atoms with Crippen molar-refractivity contribution in [2.24, 2.45) is 0 Å². The summed E-state index contributed by atoms with van der Waals surface area (Å²) in [6.07, 6.45) is 0.601. The topological polar surface area (TPSA) is 59.3 Å². The maximum absolute atomic E-state index is 13.8. The van der Waals surface area contributed by atoms with Crippen LogP contribution in [-0.4, -0.2) is 35.3 Å². The van der Waals surface area contributed by atoms with Crippen molar-refractivity contribution in [1.82, 2.24) is 14.5 Å². The van der Waals surface area contributed by atoms with Crippen molar-refractivity contribution in [2.75, 3.05) is 31.1 Å². The summed E-state index contributed by atoms with van der Waals surface area (Å²) in [7, 11) is 0. The minimum absolute atomic E-state index is 0.259. The van der Waals surface area contributed by atoms with Crippen LogP contribution in [0.1, 0.15) is 11.1 Å². The molecule has 174 valence electrons. The Labute approximate surface area is 203 Å². The number of nitrogens with one attached hydrogen (secondary N) is 1. The molecule has 1 saturated heterocycles. The molecule has 5 rings (SSSR count). The summed E-state index contributed by atoms with van der Waals surface area (Å²) in [5, 5.41) is 4.42. The molecule has 0 unspecified atom stereocenters. The lowest BCUT2D eigenvalue weighted by Gasteiger charge is -2.31. The van der Waals surface area contributed by atoms with E-state index in [0.29, 0.717) is 35.4 Å². The number of aromatic nitrogens is 2. The van der Waals surface area contributed by atoms with Crippen LogP contribution in [0.3, 0.4) is 0 Å². The van der Waals surface area contributed by atoms with Gasteiger partial charge in [0, 0.05) is 37.7 Å². The summed E-state index contributed by atoms with van der Waals surface area (Å²) in [6, 6.07) is 23.4. The van der Waals surface area contributed by atoms with Gasteiger partial charge in [-0.05, 0) is 29.7 Å². The van der Waals surface area contributed by atoms with Crippen LogP contribution in [0.5, 0.6) is 0 Å². The largest absolute Gasteiger partial charge is 0.368 e. The number of halogens is 1. The lowest BCUT2D eigenvalue weighted by molar-refractivity contribution is 0.583. The van der Waals surface area contributed by atoms with E-state index >= 15 is 0 Å². The van der Waals surface area contributed by atoms with Gasteiger partial charge < -0.3 is 10.2 Å². The summed E-state index contributed by atoms with van der Waals surface area (Å²) >= 11 is 6.54. The van der Waals surface area contributed by atoms with Crippen molar-refractivity contribution in [3.63, 3.8) is 0 Å². The quantitative estimate of drug-likeness (QED) is 0.464. The first-order valence-corrected chi connectivity index (χ1v) is 12.0. The fourth-order valence-electron chi connectivity index (χ4n) is 4.64. The average molecular weight is 475 g/mol. The third-order valence-corrected chi connectivity index (χ3v) is 6.60. The molecule has 0 radical (unpaired) electrons. The SMILES string of the molecule is O=c1c2c(N3CCNCC3)cc(Cl)cc2n(Cc2ccccc2)c(=O)n1CCc1ccccc1. The molecule has 3 aromatic carbocycles. The van der Waals surface area contributed by atoms with Crippen LogP contribution in [0, 0.1) is 0 Å². The van der Waals surface area contributed by atoms with E-state index in [4.69, 9.17) is 11.6 Å². The Morgan fingerprint density at radius 1 is 0.824 bits per heavy atom. The van der Waals surface area contributed by atoms with Crippen LogP contribution in [0.4, 0.5) is 5.69 Å². The standard InChI is InChI=1S/C27H27ClN4O2/c28-22-17-23(30-15-12-29-13-16-30)25-24(18-22)32(19-21-9-5-2-6-10-21)27(34)31(26(25)33)14-11-20-7-3-1-4-8-20/h1-10,17-18,29H,11-16,19H2. The Kier molecular flexibility index (Phi) is 6.52. The highest BCUT2D eigenvalue weighted by Gasteiger charge is 2.21. The zero-order valence-corrected chi connectivity index (χ0v) is 19.7. The highest BCUT2D eigenvalue weighted by molar-refractivity contribution is 6.31. The fourth-order valence-corrected chi connectivity index (χ4v) is 4.84. The zero-order chi connectivity index (χ0) is 23.5. The van der Waals surface area contributed by atoms with Crippen molar-refractivity contribution < 1.29 is 0 Å². The molecule has 1 aromatic heterocycles. The Balaban J connectivity index is 1.71. The number of anilines is 1. The van der Waals surface area contributed by atoms with Gasteiger partial charge in [0.2, 0.25) is 0 Å². The summed E-state index contributed by atoms with van der Waals surface area (Å²) in [6.45, 7) is 3.90. The van der Waals surface area contributed by atoms with Gasteiger partial charge in [0.25, 0.3) is 5.56 Å². The van der Waals surface area contributed by atoms with Crippen LogP contribution >= 0.6 is 11.6 Å². The Morgan fingerprint density at radius 3 is 2.15 bits per heavy atom. The molecule has 0 atom stereocenters. The molecule has 34 heavy (non-hydrogen) atoms. The van der Waals surface area contributed by atoms with Crippen LogP contribution in [0.25, 0.3) is 10.9 Å². The van der Waals surface area contributed by atoms with Crippen molar-refractivity contribution in [1.29, 1.82) is 0 Å². The van der Waals surface area contributed by atoms with Gasteiger partial charge in [-0.15, -0.1) is 0 Å². The van der Waals surface area contributed by atoms with Crippen LogP contribution < -0.4 is 21.5 Å². The van der Waals surface area contributed by atoms with Gasteiger partial charge in [-0.2, -0.15) is 0 Å². The molecule has 1 aliphatic rings. The molecule has 0 bridgehead atoms. The third kappa shape index (κ3) is 4.52. The molecule has 1 fully saturated rings. The van der Waals surface area contributed by atoms with Gasteiger partial charge in [-0.1, -0.05) is 72.3 Å². The highest BCUT2D eigenvalue weighted by Crippen LogP contribution is 2.29. The van der Waals surface area contributed by atoms with E-state index in [0.717, 1.165) is 43.0 Å². The normalized spacial score (nSPS) is 14.0. The number of fused-ring (bicyclic) bond motifs is 1. The Hall–Kier alpha value is -3.35. The van der Waals surface area contributed by atoms with E-state index in [9.17, 15) is 9.59 Å². The van der Waals surface area contributed by atoms with Crippen molar-refractivity contribution in [3.05, 3.63) is 110 Å². The molecular formula is C27H27ClN4O2. The summed E-state index contributed by atoms with van der Waals surface area (Å²) < 4.78 is 3.08. The van der Waals surface area contributed by atoms with E-state index in [1.165, 1.54) is 4.57 Å². The number of benzene rings is 3. The molecule has 0 aliphatic carbocycles. The molecule has 7 heteroatoms. The maximum Gasteiger partial charge on any atom is 0.331 e. The molecule has 6 nitrogen and oxygen atoms in total. The second-order valence-electron chi connectivity index (χ2n) is 8.60. The predicted molar refractivity (Wildman–Crippen MR) is 138 cm³/mol. The van der Waals surface area contributed by atoms with Crippen molar-refractivity contribution >= 4 is 28.2 Å². The summed E-state index contributed by atoms with van der Waals surface area (Å²) in [4.78, 5) is 29.7. The van der Waals surface area contributed by atoms with E-state index < -0.39 is 0 Å². The number of rotatable bonds is 6.